The van der Waals surface area contributed by atoms with Crippen LogP contribution in [0.15, 0.2) is 12.1 Å². The smallest absolute Gasteiger partial charge is 0.163 e. The first-order chi connectivity index (χ1) is 8.47. The zero-order valence-corrected chi connectivity index (χ0v) is 11.4. The lowest BCUT2D eigenvalue weighted by atomic mass is 10.1. The third-order valence-corrected chi connectivity index (χ3v) is 2.82. The monoisotopic (exact) mass is 248 g/mol. The zero-order valence-electron chi connectivity index (χ0n) is 11.4. The second-order valence-electron chi connectivity index (χ2n) is 5.21. The fraction of sp³-hybridized carbons (Fsp3) is 0.533. The number of benzene rings is 1. The van der Waals surface area contributed by atoms with Crippen molar-refractivity contribution in [1.82, 2.24) is 0 Å². The molecule has 1 aliphatic carbocycles. The van der Waals surface area contributed by atoms with Gasteiger partial charge in [-0.05, 0) is 51.8 Å². The van der Waals surface area contributed by atoms with Crippen molar-refractivity contribution in [3.63, 3.8) is 0 Å². The summed E-state index contributed by atoms with van der Waals surface area (Å²) in [5.41, 5.74) is 1.87. The van der Waals surface area contributed by atoms with Crippen LogP contribution in [-0.4, -0.2) is 18.0 Å². The van der Waals surface area contributed by atoms with Gasteiger partial charge in [-0.3, -0.25) is 4.79 Å². The summed E-state index contributed by atoms with van der Waals surface area (Å²) in [7, 11) is 0. The third kappa shape index (κ3) is 2.66. The number of ketones is 1. The molecule has 0 aromatic heterocycles. The van der Waals surface area contributed by atoms with Gasteiger partial charge >= 0.3 is 0 Å². The van der Waals surface area contributed by atoms with Crippen LogP contribution in [0.4, 0.5) is 0 Å². The van der Waals surface area contributed by atoms with Gasteiger partial charge in [0.1, 0.15) is 0 Å². The highest BCUT2D eigenvalue weighted by atomic mass is 16.5. The van der Waals surface area contributed by atoms with Gasteiger partial charge in [0.2, 0.25) is 0 Å². The van der Waals surface area contributed by atoms with Crippen LogP contribution < -0.4 is 9.47 Å². The maximum atomic E-state index is 11.7. The summed E-state index contributed by atoms with van der Waals surface area (Å²) in [5, 5.41) is 0. The Labute approximate surface area is 108 Å². The molecule has 2 rings (SSSR count). The quantitative estimate of drug-likeness (QED) is 0.819. The van der Waals surface area contributed by atoms with Crippen LogP contribution in [0.25, 0.3) is 0 Å². The molecule has 0 atom stereocenters. The van der Waals surface area contributed by atoms with E-state index in [2.05, 4.69) is 0 Å². The molecule has 0 aliphatic heterocycles. The molecule has 0 saturated heterocycles. The molecule has 0 N–H and O–H groups in total. The Morgan fingerprint density at radius 3 is 2.06 bits per heavy atom. The molecular formula is C15H20O3. The van der Waals surface area contributed by atoms with Crippen LogP contribution in [-0.2, 0) is 6.42 Å². The molecule has 1 aliphatic rings. The molecule has 0 fully saturated rings. The first-order valence-electron chi connectivity index (χ1n) is 6.50. The van der Waals surface area contributed by atoms with Crippen LogP contribution in [0, 0.1) is 0 Å². The number of hydrogen-bond acceptors (Lipinski definition) is 3. The molecule has 3 nitrogen and oxygen atoms in total. The van der Waals surface area contributed by atoms with Crippen LogP contribution in [0.2, 0.25) is 0 Å². The van der Waals surface area contributed by atoms with Gasteiger partial charge in [-0.15, -0.1) is 0 Å². The highest BCUT2D eigenvalue weighted by Gasteiger charge is 2.23. The minimum atomic E-state index is 0.0640. The Balaban J connectivity index is 2.40. The Morgan fingerprint density at radius 1 is 0.944 bits per heavy atom. The topological polar surface area (TPSA) is 35.5 Å². The average Bonchev–Trinajstić information content (AvgIpc) is 2.59. The Kier molecular flexibility index (Phi) is 3.60. The second-order valence-corrected chi connectivity index (χ2v) is 5.21. The Morgan fingerprint density at radius 2 is 1.50 bits per heavy atom. The largest absolute Gasteiger partial charge is 0.487 e. The SMILES string of the molecule is CC(C)Oc1cc2c(cc1OC(C)C)C(=O)CC2. The zero-order chi connectivity index (χ0) is 13.3. The highest BCUT2D eigenvalue weighted by Crippen LogP contribution is 2.36. The normalized spacial score (nSPS) is 14.2. The molecule has 0 unspecified atom stereocenters. The Hall–Kier alpha value is -1.51. The van der Waals surface area contributed by atoms with Gasteiger partial charge in [0.05, 0.1) is 12.2 Å². The van der Waals surface area contributed by atoms with E-state index in [0.29, 0.717) is 12.2 Å². The van der Waals surface area contributed by atoms with E-state index in [4.69, 9.17) is 9.47 Å². The molecule has 0 amide bonds. The standard InChI is InChI=1S/C15H20O3/c1-9(2)17-14-7-11-5-6-13(16)12(11)8-15(14)18-10(3)4/h7-10H,5-6H2,1-4H3. The predicted molar refractivity (Wildman–Crippen MR) is 70.6 cm³/mol. The molecule has 98 valence electrons. The minimum absolute atomic E-state index is 0.0640. The van der Waals surface area contributed by atoms with E-state index in [9.17, 15) is 4.79 Å². The van der Waals surface area contributed by atoms with E-state index in [1.165, 1.54) is 0 Å². The van der Waals surface area contributed by atoms with Crippen molar-refractivity contribution in [3.8, 4) is 11.5 Å². The summed E-state index contributed by atoms with van der Waals surface area (Å²) in [4.78, 5) is 11.7. The molecule has 0 radical (unpaired) electrons. The summed E-state index contributed by atoms with van der Waals surface area (Å²) >= 11 is 0. The molecule has 18 heavy (non-hydrogen) atoms. The number of carbonyl (C=O) groups excluding carboxylic acids is 1. The van der Waals surface area contributed by atoms with Crippen molar-refractivity contribution in [1.29, 1.82) is 0 Å². The number of Topliss-reactive ketones (excluding diaryl/α,β-unsaturated/α-hetero) is 1. The van der Waals surface area contributed by atoms with Gasteiger partial charge in [-0.25, -0.2) is 0 Å². The lowest BCUT2D eigenvalue weighted by Crippen LogP contribution is -2.11. The van der Waals surface area contributed by atoms with Crippen LogP contribution >= 0.6 is 0 Å². The van der Waals surface area contributed by atoms with Crippen molar-refractivity contribution >= 4 is 5.78 Å². The first kappa shape index (κ1) is 12.9. The fourth-order valence-corrected chi connectivity index (χ4v) is 2.14. The number of fused-ring (bicyclic) bond motifs is 1. The molecule has 3 heteroatoms. The van der Waals surface area contributed by atoms with Gasteiger partial charge in [0, 0.05) is 12.0 Å². The van der Waals surface area contributed by atoms with Crippen molar-refractivity contribution in [2.24, 2.45) is 0 Å². The molecule has 1 aromatic carbocycles. The number of carbonyl (C=O) groups is 1. The van der Waals surface area contributed by atoms with E-state index in [-0.39, 0.29) is 18.0 Å². The Bertz CT molecular complexity index is 461. The lowest BCUT2D eigenvalue weighted by molar-refractivity contribution is 0.0994. The summed E-state index contributed by atoms with van der Waals surface area (Å²) in [6.07, 6.45) is 1.57. The maximum absolute atomic E-state index is 11.7. The summed E-state index contributed by atoms with van der Waals surface area (Å²) in [6, 6.07) is 3.79. The lowest BCUT2D eigenvalue weighted by Gasteiger charge is -2.18. The van der Waals surface area contributed by atoms with Crippen LogP contribution in [0.5, 0.6) is 11.5 Å². The predicted octanol–water partition coefficient (Wildman–Crippen LogP) is 3.39. The van der Waals surface area contributed by atoms with E-state index >= 15 is 0 Å². The van der Waals surface area contributed by atoms with E-state index in [1.54, 1.807) is 0 Å². The van der Waals surface area contributed by atoms with E-state index in [1.807, 2.05) is 39.8 Å². The molecule has 0 saturated carbocycles. The van der Waals surface area contributed by atoms with Crippen molar-refractivity contribution < 1.29 is 14.3 Å². The van der Waals surface area contributed by atoms with Gasteiger partial charge in [0.15, 0.2) is 17.3 Å². The average molecular weight is 248 g/mol. The summed E-state index contributed by atoms with van der Waals surface area (Å²) < 4.78 is 11.5. The van der Waals surface area contributed by atoms with Crippen LogP contribution in [0.3, 0.4) is 0 Å². The highest BCUT2D eigenvalue weighted by molar-refractivity contribution is 6.01. The third-order valence-electron chi connectivity index (χ3n) is 2.82. The molecule has 0 bridgehead atoms. The van der Waals surface area contributed by atoms with E-state index < -0.39 is 0 Å². The number of ether oxygens (including phenoxy) is 2. The minimum Gasteiger partial charge on any atom is -0.487 e. The maximum Gasteiger partial charge on any atom is 0.163 e. The van der Waals surface area contributed by atoms with Crippen molar-refractivity contribution in [2.75, 3.05) is 0 Å². The summed E-state index contributed by atoms with van der Waals surface area (Å²) in [5.74, 6) is 1.62. The number of rotatable bonds is 4. The number of hydrogen-bond donors (Lipinski definition) is 0. The first-order valence-corrected chi connectivity index (χ1v) is 6.50. The van der Waals surface area contributed by atoms with Crippen molar-refractivity contribution in [3.05, 3.63) is 23.3 Å². The second kappa shape index (κ2) is 5.01. The van der Waals surface area contributed by atoms with Crippen molar-refractivity contribution in [2.45, 2.75) is 52.7 Å². The molecule has 1 aromatic rings. The van der Waals surface area contributed by atoms with E-state index in [0.717, 1.165) is 23.3 Å². The number of aryl methyl sites for hydroxylation is 1. The van der Waals surface area contributed by atoms with Gasteiger partial charge in [-0.2, -0.15) is 0 Å². The van der Waals surface area contributed by atoms with Gasteiger partial charge < -0.3 is 9.47 Å². The van der Waals surface area contributed by atoms with Gasteiger partial charge in [0.25, 0.3) is 0 Å². The molecule has 0 heterocycles. The van der Waals surface area contributed by atoms with Crippen LogP contribution in [0.1, 0.15) is 50.0 Å². The fourth-order valence-electron chi connectivity index (χ4n) is 2.14. The van der Waals surface area contributed by atoms with Gasteiger partial charge in [-0.1, -0.05) is 0 Å². The molecule has 0 spiro atoms. The molecular weight excluding hydrogens is 228 g/mol. The summed E-state index contributed by atoms with van der Waals surface area (Å²) in [6.45, 7) is 7.90.